The summed E-state index contributed by atoms with van der Waals surface area (Å²) < 4.78 is 4.90. The van der Waals surface area contributed by atoms with Crippen LogP contribution < -0.4 is 0 Å². The summed E-state index contributed by atoms with van der Waals surface area (Å²) >= 11 is 0. The van der Waals surface area contributed by atoms with E-state index in [-0.39, 0.29) is 0 Å². The summed E-state index contributed by atoms with van der Waals surface area (Å²) in [4.78, 5) is 10.3. The predicted octanol–water partition coefficient (Wildman–Crippen LogP) is 12.8. The van der Waals surface area contributed by atoms with Crippen LogP contribution in [0.5, 0.6) is 0 Å². The van der Waals surface area contributed by atoms with Crippen molar-refractivity contribution in [3.05, 3.63) is 194 Å². The first-order chi connectivity index (χ1) is 26.8. The van der Waals surface area contributed by atoms with Gasteiger partial charge in [0.25, 0.3) is 0 Å². The van der Waals surface area contributed by atoms with Crippen molar-refractivity contribution in [1.29, 1.82) is 0 Å². The van der Waals surface area contributed by atoms with E-state index in [4.69, 9.17) is 9.97 Å². The van der Waals surface area contributed by atoms with Crippen molar-refractivity contribution in [3.63, 3.8) is 0 Å². The molecule has 0 amide bonds. The number of aromatic nitrogens is 4. The topological polar surface area (TPSA) is 35.6 Å². The Kier molecular flexibility index (Phi) is 6.82. The van der Waals surface area contributed by atoms with Crippen molar-refractivity contribution < 1.29 is 0 Å². The number of hydrogen-bond donors (Lipinski definition) is 0. The summed E-state index contributed by atoms with van der Waals surface area (Å²) in [6.45, 7) is 0. The summed E-state index contributed by atoms with van der Waals surface area (Å²) in [6, 6.07) is 69.0. The van der Waals surface area contributed by atoms with E-state index in [9.17, 15) is 0 Å². The maximum Gasteiger partial charge on any atom is 0.160 e. The molecule has 4 heteroatoms. The Balaban J connectivity index is 1.24. The number of nitrogens with zero attached hydrogens (tertiary/aromatic N) is 4. The van der Waals surface area contributed by atoms with Crippen LogP contribution in [0, 0.1) is 0 Å². The van der Waals surface area contributed by atoms with Gasteiger partial charge in [-0.1, -0.05) is 146 Å². The van der Waals surface area contributed by atoms with Crippen LogP contribution >= 0.6 is 0 Å². The van der Waals surface area contributed by atoms with E-state index in [1.807, 2.05) is 24.3 Å². The van der Waals surface area contributed by atoms with Crippen LogP contribution in [0.25, 0.3) is 99.7 Å². The average molecular weight is 689 g/mol. The highest BCUT2D eigenvalue weighted by Crippen LogP contribution is 2.43. The molecule has 0 unspecified atom stereocenters. The Morgan fingerprint density at radius 1 is 0.352 bits per heavy atom. The van der Waals surface area contributed by atoms with Crippen molar-refractivity contribution >= 4 is 54.4 Å². The van der Waals surface area contributed by atoms with Gasteiger partial charge in [-0.05, 0) is 53.9 Å². The van der Waals surface area contributed by atoms with Gasteiger partial charge in [0.15, 0.2) is 5.82 Å². The number of rotatable bonds is 5. The van der Waals surface area contributed by atoms with Gasteiger partial charge in [-0.2, -0.15) is 0 Å². The SMILES string of the molecule is c1ccc(-c2cc(-c3cc(-n4c5ccccc5c5c4ccc4c6ccccc6n(-c6ccccc6)c45)c4ccccc4c3)nc(-c3ccccc3)n2)cc1. The van der Waals surface area contributed by atoms with Crippen molar-refractivity contribution in [2.24, 2.45) is 0 Å². The Bertz CT molecular complexity index is 3140. The monoisotopic (exact) mass is 688 g/mol. The Morgan fingerprint density at radius 2 is 0.926 bits per heavy atom. The fourth-order valence-corrected chi connectivity index (χ4v) is 8.30. The van der Waals surface area contributed by atoms with E-state index >= 15 is 0 Å². The van der Waals surface area contributed by atoms with Crippen LogP contribution in [0.4, 0.5) is 0 Å². The lowest BCUT2D eigenvalue weighted by molar-refractivity contribution is 1.17. The first kappa shape index (κ1) is 30.3. The molecular weight excluding hydrogens is 657 g/mol. The van der Waals surface area contributed by atoms with Gasteiger partial charge in [0.05, 0.1) is 39.1 Å². The van der Waals surface area contributed by atoms with Crippen LogP contribution in [0.15, 0.2) is 194 Å². The molecule has 0 bridgehead atoms. The lowest BCUT2D eigenvalue weighted by Gasteiger charge is -2.15. The molecule has 11 rings (SSSR count). The molecular formula is C50H32N4. The quantitative estimate of drug-likeness (QED) is 0.180. The lowest BCUT2D eigenvalue weighted by Crippen LogP contribution is -1.99. The number of para-hydroxylation sites is 3. The number of hydrogen-bond acceptors (Lipinski definition) is 2. The highest BCUT2D eigenvalue weighted by Gasteiger charge is 2.22. The molecule has 252 valence electrons. The van der Waals surface area contributed by atoms with Crippen LogP contribution in [0.2, 0.25) is 0 Å². The Labute approximate surface area is 311 Å². The first-order valence-corrected chi connectivity index (χ1v) is 18.3. The van der Waals surface area contributed by atoms with Crippen molar-refractivity contribution in [3.8, 4) is 45.3 Å². The summed E-state index contributed by atoms with van der Waals surface area (Å²) in [7, 11) is 0. The van der Waals surface area contributed by atoms with E-state index in [1.165, 1.54) is 38.0 Å². The van der Waals surface area contributed by atoms with Gasteiger partial charge >= 0.3 is 0 Å². The minimum Gasteiger partial charge on any atom is -0.309 e. The van der Waals surface area contributed by atoms with Gasteiger partial charge in [-0.3, -0.25) is 0 Å². The maximum absolute atomic E-state index is 5.24. The molecule has 8 aromatic carbocycles. The average Bonchev–Trinajstić information content (AvgIpc) is 3.77. The van der Waals surface area contributed by atoms with Crippen molar-refractivity contribution in [2.45, 2.75) is 0 Å². The molecule has 3 aromatic heterocycles. The molecule has 0 aliphatic heterocycles. The Hall–Kier alpha value is -7.30. The van der Waals surface area contributed by atoms with Crippen LogP contribution in [0.1, 0.15) is 0 Å². The number of fused-ring (bicyclic) bond motifs is 8. The molecule has 0 N–H and O–H groups in total. The molecule has 0 radical (unpaired) electrons. The summed E-state index contributed by atoms with van der Waals surface area (Å²) in [5, 5.41) is 7.26. The van der Waals surface area contributed by atoms with E-state index in [1.54, 1.807) is 0 Å². The third-order valence-electron chi connectivity index (χ3n) is 10.7. The Morgan fingerprint density at radius 3 is 1.67 bits per heavy atom. The molecule has 0 atom stereocenters. The zero-order valence-electron chi connectivity index (χ0n) is 29.3. The predicted molar refractivity (Wildman–Crippen MR) is 225 cm³/mol. The van der Waals surface area contributed by atoms with E-state index in [0.29, 0.717) is 5.82 Å². The molecule has 54 heavy (non-hydrogen) atoms. The third-order valence-corrected chi connectivity index (χ3v) is 10.7. The fourth-order valence-electron chi connectivity index (χ4n) is 8.30. The maximum atomic E-state index is 5.24. The van der Waals surface area contributed by atoms with Gasteiger partial charge in [-0.25, -0.2) is 9.97 Å². The lowest BCUT2D eigenvalue weighted by atomic mass is 10.0. The second kappa shape index (κ2) is 12.1. The van der Waals surface area contributed by atoms with Gasteiger partial charge in [-0.15, -0.1) is 0 Å². The molecule has 0 spiro atoms. The van der Waals surface area contributed by atoms with Gasteiger partial charge in [0, 0.05) is 49.3 Å². The minimum atomic E-state index is 0.703. The van der Waals surface area contributed by atoms with E-state index in [0.717, 1.165) is 55.9 Å². The number of benzene rings is 8. The van der Waals surface area contributed by atoms with E-state index in [2.05, 4.69) is 179 Å². The summed E-state index contributed by atoms with van der Waals surface area (Å²) in [5.41, 5.74) is 11.8. The molecule has 0 fully saturated rings. The van der Waals surface area contributed by atoms with E-state index < -0.39 is 0 Å². The highest BCUT2D eigenvalue weighted by molar-refractivity contribution is 6.26. The molecule has 4 nitrogen and oxygen atoms in total. The zero-order valence-corrected chi connectivity index (χ0v) is 29.3. The van der Waals surface area contributed by atoms with Gasteiger partial charge in [0.1, 0.15) is 0 Å². The normalized spacial score (nSPS) is 11.7. The first-order valence-electron chi connectivity index (χ1n) is 18.3. The molecule has 0 aliphatic carbocycles. The summed E-state index contributed by atoms with van der Waals surface area (Å²) in [6.07, 6.45) is 0. The van der Waals surface area contributed by atoms with Crippen LogP contribution in [-0.4, -0.2) is 19.1 Å². The van der Waals surface area contributed by atoms with Gasteiger partial charge < -0.3 is 9.13 Å². The van der Waals surface area contributed by atoms with Crippen LogP contribution in [0.3, 0.4) is 0 Å². The smallest absolute Gasteiger partial charge is 0.160 e. The third kappa shape index (κ3) is 4.70. The van der Waals surface area contributed by atoms with Crippen molar-refractivity contribution in [2.75, 3.05) is 0 Å². The molecule has 0 saturated carbocycles. The highest BCUT2D eigenvalue weighted by atomic mass is 15.0. The standard InChI is InChI=1S/C50H32N4/c1-4-16-33(17-5-1)42-32-43(52-50(51-42)34-18-6-2-7-19-34)36-30-35-20-10-11-23-38(35)47(31-36)54-45-27-15-13-25-41(45)48-46(54)29-28-40-39-24-12-14-26-44(39)53(49(40)48)37-21-8-3-9-22-37/h1-32H. The second-order valence-electron chi connectivity index (χ2n) is 13.8. The molecule has 11 aromatic rings. The van der Waals surface area contributed by atoms with Crippen molar-refractivity contribution in [1.82, 2.24) is 19.1 Å². The molecule has 0 aliphatic rings. The molecule has 3 heterocycles. The minimum absolute atomic E-state index is 0.703. The summed E-state index contributed by atoms with van der Waals surface area (Å²) in [5.74, 6) is 0.703. The largest absolute Gasteiger partial charge is 0.309 e. The second-order valence-corrected chi connectivity index (χ2v) is 13.8. The fraction of sp³-hybridized carbons (Fsp3) is 0. The molecule has 0 saturated heterocycles. The zero-order chi connectivity index (χ0) is 35.6. The van der Waals surface area contributed by atoms with Gasteiger partial charge in [0.2, 0.25) is 0 Å². The van der Waals surface area contributed by atoms with Crippen LogP contribution in [-0.2, 0) is 0 Å².